The summed E-state index contributed by atoms with van der Waals surface area (Å²) in [5.74, 6) is 5.03. The molecule has 51 heavy (non-hydrogen) atoms. The first-order valence-electron chi connectivity index (χ1n) is 19.8. The van der Waals surface area contributed by atoms with Gasteiger partial charge >= 0.3 is 6.18 Å². The minimum Gasteiger partial charge on any atom is -0.496 e. The van der Waals surface area contributed by atoms with Gasteiger partial charge < -0.3 is 14.5 Å². The molecule has 0 radical (unpaired) electrons. The van der Waals surface area contributed by atoms with Gasteiger partial charge in [0.25, 0.3) is 0 Å². The number of likely N-dealkylation sites (tertiary alicyclic amines) is 2. The minimum absolute atomic E-state index is 0.159. The highest BCUT2D eigenvalue weighted by molar-refractivity contribution is 5.68. The molecule has 0 amide bonds. The highest BCUT2D eigenvalue weighted by Gasteiger charge is 2.44. The van der Waals surface area contributed by atoms with Crippen molar-refractivity contribution < 1.29 is 22.3 Å². The molecule has 1 unspecified atom stereocenters. The number of rotatable bonds is 6. The third kappa shape index (κ3) is 7.49. The summed E-state index contributed by atoms with van der Waals surface area (Å²) in [6.45, 7) is 4.49. The summed E-state index contributed by atoms with van der Waals surface area (Å²) < 4.78 is 57.9. The zero-order chi connectivity index (χ0) is 35.1. The van der Waals surface area contributed by atoms with Crippen molar-refractivity contribution in [2.45, 2.75) is 107 Å². The van der Waals surface area contributed by atoms with Crippen molar-refractivity contribution in [1.29, 1.82) is 0 Å². The molecule has 2 saturated heterocycles. The zero-order valence-corrected chi connectivity index (χ0v) is 30.1. The Labute approximate surface area is 301 Å². The normalized spacial score (nSPS) is 30.1. The quantitative estimate of drug-likeness (QED) is 0.238. The standard InChI is InChI=1S/C24H28FN.C20H26F3NO/c25-21-9-7-18(8-10-21)22-3-1-2-4-23(22)19-11-13-26(14-12-19)24-16-17-5-6-20(24)15-17;1-25-19-5-4-16(20(21,22)23)12-17(19)14-6-8-24(9-7-14)18-11-13-2-3-15(18)10-13/h1-4,7-10,17,19-20,24H,5-6,11-16H2;4-5,12-15,18H,2-3,6-11H2,1H3/t17-,20-,24-;13-,15-,18?/m00/s1. The highest BCUT2D eigenvalue weighted by Crippen LogP contribution is 2.49. The summed E-state index contributed by atoms with van der Waals surface area (Å²) in [6, 6.07) is 21.2. The summed E-state index contributed by atoms with van der Waals surface area (Å²) in [4.78, 5) is 5.42. The van der Waals surface area contributed by atoms with E-state index in [2.05, 4.69) is 34.1 Å². The fourth-order valence-corrected chi connectivity index (χ4v) is 11.4. The van der Waals surface area contributed by atoms with E-state index in [1.165, 1.54) is 108 Å². The molecule has 6 atom stereocenters. The van der Waals surface area contributed by atoms with E-state index < -0.39 is 11.7 Å². The molecule has 0 spiro atoms. The van der Waals surface area contributed by atoms with Crippen LogP contribution in [0.3, 0.4) is 0 Å². The number of methoxy groups -OCH3 is 1. The van der Waals surface area contributed by atoms with Gasteiger partial charge in [0.15, 0.2) is 0 Å². The maximum absolute atomic E-state index is 13.3. The van der Waals surface area contributed by atoms with Crippen LogP contribution in [-0.2, 0) is 6.18 Å². The molecular formula is C44H54F4N2O. The number of piperidine rings is 2. The van der Waals surface area contributed by atoms with Gasteiger partial charge in [-0.2, -0.15) is 13.2 Å². The highest BCUT2D eigenvalue weighted by atomic mass is 19.4. The molecule has 3 aromatic carbocycles. The van der Waals surface area contributed by atoms with Crippen molar-refractivity contribution in [1.82, 2.24) is 9.80 Å². The van der Waals surface area contributed by atoms with Crippen molar-refractivity contribution in [3.8, 4) is 16.9 Å². The van der Waals surface area contributed by atoms with Crippen LogP contribution in [-0.4, -0.2) is 55.2 Å². The third-order valence-corrected chi connectivity index (χ3v) is 14.0. The molecule has 6 fully saturated rings. The maximum atomic E-state index is 13.3. The molecule has 3 aromatic rings. The Balaban J connectivity index is 0.000000147. The number of halogens is 4. The number of alkyl halides is 3. The number of fused-ring (bicyclic) bond motifs is 4. The summed E-state index contributed by atoms with van der Waals surface area (Å²) in [5, 5.41) is 0. The number of nitrogens with zero attached hydrogens (tertiary/aromatic N) is 2. The van der Waals surface area contributed by atoms with Gasteiger partial charge in [-0.25, -0.2) is 4.39 Å². The number of hydrogen-bond donors (Lipinski definition) is 0. The van der Waals surface area contributed by atoms with E-state index in [0.717, 1.165) is 78.9 Å². The molecule has 7 heteroatoms. The SMILES string of the molecule is COc1ccc(C(F)(F)F)cc1C1CCN(C2C[C@H]3CC[C@H]2C3)CC1.Fc1ccc(-c2ccccc2C2CCN([C@H]3C[C@H]4CC[C@H]3C4)CC2)cc1. The van der Waals surface area contributed by atoms with Crippen LogP contribution < -0.4 is 4.74 Å². The average Bonchev–Trinajstić information content (AvgIpc) is 3.99. The molecule has 0 N–H and O–H groups in total. The lowest BCUT2D eigenvalue weighted by molar-refractivity contribution is -0.137. The van der Waals surface area contributed by atoms with Crippen LogP contribution in [0.15, 0.2) is 66.7 Å². The number of hydrogen-bond acceptors (Lipinski definition) is 3. The predicted octanol–water partition coefficient (Wildman–Crippen LogP) is 10.9. The van der Waals surface area contributed by atoms with E-state index in [1.54, 1.807) is 12.1 Å². The van der Waals surface area contributed by atoms with Gasteiger partial charge in [-0.15, -0.1) is 0 Å². The van der Waals surface area contributed by atoms with E-state index in [0.29, 0.717) is 11.7 Å². The zero-order valence-electron chi connectivity index (χ0n) is 30.1. The Bertz CT molecular complexity index is 1620. The van der Waals surface area contributed by atoms with Crippen LogP contribution in [0.1, 0.15) is 106 Å². The van der Waals surface area contributed by atoms with E-state index >= 15 is 0 Å². The third-order valence-electron chi connectivity index (χ3n) is 14.0. The van der Waals surface area contributed by atoms with Crippen LogP contribution in [0.4, 0.5) is 17.6 Å². The lowest BCUT2D eigenvalue weighted by Gasteiger charge is -2.40. The lowest BCUT2D eigenvalue weighted by Crippen LogP contribution is -2.43. The van der Waals surface area contributed by atoms with Gasteiger partial charge in [0.2, 0.25) is 0 Å². The minimum atomic E-state index is -4.30. The van der Waals surface area contributed by atoms with Crippen molar-refractivity contribution in [2.24, 2.45) is 23.7 Å². The molecule has 6 aliphatic rings. The summed E-state index contributed by atoms with van der Waals surface area (Å²) in [6.07, 6.45) is 11.5. The van der Waals surface area contributed by atoms with Crippen molar-refractivity contribution in [3.05, 3.63) is 89.2 Å². The van der Waals surface area contributed by atoms with Crippen LogP contribution in [0, 0.1) is 29.5 Å². The van der Waals surface area contributed by atoms with Gasteiger partial charge in [-0.05, 0) is 178 Å². The van der Waals surface area contributed by atoms with E-state index in [-0.39, 0.29) is 11.7 Å². The predicted molar refractivity (Wildman–Crippen MR) is 195 cm³/mol. The molecule has 3 nitrogen and oxygen atoms in total. The fourth-order valence-electron chi connectivity index (χ4n) is 11.4. The van der Waals surface area contributed by atoms with Gasteiger partial charge in [-0.1, -0.05) is 49.2 Å². The number of benzene rings is 3. The molecule has 2 aliphatic heterocycles. The van der Waals surface area contributed by atoms with Crippen LogP contribution in [0.25, 0.3) is 11.1 Å². The first-order chi connectivity index (χ1) is 24.7. The summed E-state index contributed by atoms with van der Waals surface area (Å²) in [5.41, 5.74) is 4.03. The molecule has 4 bridgehead atoms. The molecule has 4 saturated carbocycles. The lowest BCUT2D eigenvalue weighted by atomic mass is 9.83. The van der Waals surface area contributed by atoms with Crippen LogP contribution in [0.5, 0.6) is 5.75 Å². The first-order valence-corrected chi connectivity index (χ1v) is 19.8. The smallest absolute Gasteiger partial charge is 0.416 e. The second-order valence-corrected chi connectivity index (χ2v) is 16.7. The van der Waals surface area contributed by atoms with E-state index in [1.807, 2.05) is 12.1 Å². The first kappa shape index (κ1) is 35.1. The second kappa shape index (κ2) is 14.9. The van der Waals surface area contributed by atoms with Crippen molar-refractivity contribution in [2.75, 3.05) is 33.3 Å². The molecule has 9 rings (SSSR count). The molecule has 0 aromatic heterocycles. The van der Waals surface area contributed by atoms with Crippen LogP contribution >= 0.6 is 0 Å². The second-order valence-electron chi connectivity index (χ2n) is 16.7. The molecule has 274 valence electrons. The Morgan fingerprint density at radius 2 is 1.16 bits per heavy atom. The molecular weight excluding hydrogens is 648 g/mol. The average molecular weight is 703 g/mol. The van der Waals surface area contributed by atoms with Crippen molar-refractivity contribution >= 4 is 0 Å². The van der Waals surface area contributed by atoms with Gasteiger partial charge in [0, 0.05) is 12.1 Å². The Hall–Kier alpha value is -2.90. The Kier molecular flexibility index (Phi) is 10.2. The summed E-state index contributed by atoms with van der Waals surface area (Å²) in [7, 11) is 1.54. The maximum Gasteiger partial charge on any atom is 0.416 e. The van der Waals surface area contributed by atoms with Crippen LogP contribution in [0.2, 0.25) is 0 Å². The number of ether oxygens (including phenoxy) is 1. The van der Waals surface area contributed by atoms with E-state index in [9.17, 15) is 17.6 Å². The van der Waals surface area contributed by atoms with Gasteiger partial charge in [0.05, 0.1) is 12.7 Å². The van der Waals surface area contributed by atoms with Gasteiger partial charge in [-0.3, -0.25) is 0 Å². The van der Waals surface area contributed by atoms with Crippen molar-refractivity contribution in [3.63, 3.8) is 0 Å². The molecule has 2 heterocycles. The Morgan fingerprint density at radius 1 is 0.608 bits per heavy atom. The summed E-state index contributed by atoms with van der Waals surface area (Å²) >= 11 is 0. The fraction of sp³-hybridized carbons (Fsp3) is 0.591. The topological polar surface area (TPSA) is 15.7 Å². The van der Waals surface area contributed by atoms with Gasteiger partial charge in [0.1, 0.15) is 11.6 Å². The molecule has 4 aliphatic carbocycles. The van der Waals surface area contributed by atoms with E-state index in [4.69, 9.17) is 4.74 Å². The largest absolute Gasteiger partial charge is 0.496 e. The Morgan fingerprint density at radius 3 is 1.65 bits per heavy atom. The monoisotopic (exact) mass is 702 g/mol.